The van der Waals surface area contributed by atoms with Crippen molar-refractivity contribution >= 4 is 5.97 Å². The highest BCUT2D eigenvalue weighted by molar-refractivity contribution is 5.73. The lowest BCUT2D eigenvalue weighted by atomic mass is 9.83. The summed E-state index contributed by atoms with van der Waals surface area (Å²) < 4.78 is 10.7. The van der Waals surface area contributed by atoms with Crippen molar-refractivity contribution in [3.63, 3.8) is 0 Å². The van der Waals surface area contributed by atoms with Gasteiger partial charge in [0.05, 0.1) is 5.92 Å². The zero-order valence-electron chi connectivity index (χ0n) is 12.9. The van der Waals surface area contributed by atoms with E-state index in [-0.39, 0.29) is 24.7 Å². The van der Waals surface area contributed by atoms with Crippen molar-refractivity contribution in [2.24, 2.45) is 5.92 Å². The Morgan fingerprint density at radius 3 is 2.91 bits per heavy atom. The number of nitrogens with one attached hydrogen (secondary N) is 1. The molecule has 5 nitrogen and oxygen atoms in total. The molecule has 0 amide bonds. The quantitative estimate of drug-likeness (QED) is 0.791. The van der Waals surface area contributed by atoms with E-state index in [2.05, 4.69) is 12.2 Å². The third kappa shape index (κ3) is 2.90. The Morgan fingerprint density at radius 1 is 1.32 bits per heavy atom. The van der Waals surface area contributed by atoms with Gasteiger partial charge in [0.15, 0.2) is 11.5 Å². The van der Waals surface area contributed by atoms with Gasteiger partial charge in [-0.1, -0.05) is 32.3 Å². The number of hydrogen-bond donors (Lipinski definition) is 2. The predicted molar refractivity (Wildman–Crippen MR) is 82.4 cm³/mol. The second-order valence-electron chi connectivity index (χ2n) is 6.09. The average molecular weight is 305 g/mol. The number of carbonyl (C=O) groups is 1. The van der Waals surface area contributed by atoms with Crippen LogP contribution in [-0.4, -0.2) is 30.5 Å². The van der Waals surface area contributed by atoms with Gasteiger partial charge in [-0.15, -0.1) is 0 Å². The van der Waals surface area contributed by atoms with Crippen LogP contribution in [0.15, 0.2) is 18.2 Å². The van der Waals surface area contributed by atoms with E-state index in [1.807, 2.05) is 18.2 Å². The summed E-state index contributed by atoms with van der Waals surface area (Å²) in [5.41, 5.74) is 1.02. The topological polar surface area (TPSA) is 67.8 Å². The number of carboxylic acid groups (broad SMARTS) is 1. The monoisotopic (exact) mass is 305 g/mol. The summed E-state index contributed by atoms with van der Waals surface area (Å²) >= 11 is 0. The highest BCUT2D eigenvalue weighted by Crippen LogP contribution is 2.39. The van der Waals surface area contributed by atoms with Gasteiger partial charge in [-0.3, -0.25) is 4.79 Å². The van der Waals surface area contributed by atoms with E-state index in [4.69, 9.17) is 9.47 Å². The normalized spacial score (nSPS) is 26.3. The molecule has 1 aromatic rings. The van der Waals surface area contributed by atoms with Crippen LogP contribution in [0.4, 0.5) is 0 Å². The molecule has 1 saturated heterocycles. The van der Waals surface area contributed by atoms with Gasteiger partial charge in [0.25, 0.3) is 0 Å². The molecule has 22 heavy (non-hydrogen) atoms. The first-order valence-electron chi connectivity index (χ1n) is 8.06. The van der Waals surface area contributed by atoms with Crippen LogP contribution in [0, 0.1) is 5.92 Å². The zero-order valence-corrected chi connectivity index (χ0v) is 12.9. The van der Waals surface area contributed by atoms with Gasteiger partial charge in [0.1, 0.15) is 0 Å². The Bertz CT molecular complexity index is 545. The van der Waals surface area contributed by atoms with E-state index >= 15 is 0 Å². The maximum Gasteiger partial charge on any atom is 0.308 e. The molecule has 2 N–H and O–H groups in total. The number of aliphatic carboxylic acids is 1. The minimum atomic E-state index is -0.714. The molecule has 0 aromatic heterocycles. The number of hydrogen-bond acceptors (Lipinski definition) is 4. The van der Waals surface area contributed by atoms with Crippen LogP contribution in [0.2, 0.25) is 0 Å². The lowest BCUT2D eigenvalue weighted by Gasteiger charge is -2.20. The van der Waals surface area contributed by atoms with Crippen molar-refractivity contribution in [3.05, 3.63) is 23.8 Å². The highest BCUT2D eigenvalue weighted by Gasteiger charge is 2.41. The molecular formula is C17H23NO4. The van der Waals surface area contributed by atoms with Crippen LogP contribution >= 0.6 is 0 Å². The van der Waals surface area contributed by atoms with Gasteiger partial charge in [-0.05, 0) is 24.1 Å². The van der Waals surface area contributed by atoms with Crippen LogP contribution in [0.25, 0.3) is 0 Å². The van der Waals surface area contributed by atoms with Crippen LogP contribution in [0.1, 0.15) is 44.1 Å². The van der Waals surface area contributed by atoms with Crippen molar-refractivity contribution in [1.82, 2.24) is 5.32 Å². The molecule has 3 rings (SSSR count). The standard InChI is InChI=1S/C17H23NO4/c1-2-3-4-5-13-16(17(19)20)12(9-18-13)11-6-7-14-15(8-11)22-10-21-14/h6-8,12-13,16,18H,2-5,9-10H2,1H3,(H,19,20)/t12?,13-,16+/m1/s1. The van der Waals surface area contributed by atoms with Gasteiger partial charge in [0.2, 0.25) is 6.79 Å². The molecule has 1 fully saturated rings. The summed E-state index contributed by atoms with van der Waals surface area (Å²) in [4.78, 5) is 11.8. The highest BCUT2D eigenvalue weighted by atomic mass is 16.7. The second-order valence-corrected chi connectivity index (χ2v) is 6.09. The molecule has 2 heterocycles. The summed E-state index contributed by atoms with van der Waals surface area (Å²) in [6.45, 7) is 3.10. The predicted octanol–water partition coefficient (Wildman–Crippen LogP) is 2.75. The van der Waals surface area contributed by atoms with Gasteiger partial charge >= 0.3 is 5.97 Å². The summed E-state index contributed by atoms with van der Waals surface area (Å²) in [6.07, 6.45) is 4.30. The molecule has 120 valence electrons. The Labute approximate surface area is 130 Å². The molecule has 1 aromatic carbocycles. The van der Waals surface area contributed by atoms with Crippen molar-refractivity contribution in [1.29, 1.82) is 0 Å². The number of fused-ring (bicyclic) bond motifs is 1. The zero-order chi connectivity index (χ0) is 15.5. The van der Waals surface area contributed by atoms with Crippen molar-refractivity contribution in [2.45, 2.75) is 44.6 Å². The summed E-state index contributed by atoms with van der Waals surface area (Å²) in [6, 6.07) is 5.82. The molecule has 5 heteroatoms. The largest absolute Gasteiger partial charge is 0.481 e. The van der Waals surface area contributed by atoms with Crippen molar-refractivity contribution in [2.75, 3.05) is 13.3 Å². The third-order valence-corrected chi connectivity index (χ3v) is 4.70. The summed E-state index contributed by atoms with van der Waals surface area (Å²) in [7, 11) is 0. The van der Waals surface area contributed by atoms with Crippen LogP contribution in [0.3, 0.4) is 0 Å². The molecular weight excluding hydrogens is 282 g/mol. The lowest BCUT2D eigenvalue weighted by Crippen LogP contribution is -2.32. The minimum Gasteiger partial charge on any atom is -0.481 e. The van der Waals surface area contributed by atoms with E-state index in [1.54, 1.807) is 0 Å². The summed E-state index contributed by atoms with van der Waals surface area (Å²) in [5.74, 6) is 0.349. The molecule has 2 aliphatic heterocycles. The fraction of sp³-hybridized carbons (Fsp3) is 0.588. The first kappa shape index (κ1) is 15.2. The molecule has 2 aliphatic rings. The molecule has 0 aliphatic carbocycles. The maximum absolute atomic E-state index is 11.8. The van der Waals surface area contributed by atoms with Crippen LogP contribution < -0.4 is 14.8 Å². The lowest BCUT2D eigenvalue weighted by molar-refractivity contribution is -0.142. The SMILES string of the molecule is CCCCC[C@H]1NCC(c2ccc3c(c2)OCO3)[C@@H]1C(=O)O. The third-order valence-electron chi connectivity index (χ3n) is 4.70. The Hall–Kier alpha value is -1.75. The maximum atomic E-state index is 11.8. The second kappa shape index (κ2) is 6.57. The Kier molecular flexibility index (Phi) is 4.52. The molecule has 0 radical (unpaired) electrons. The number of ether oxygens (including phenoxy) is 2. The average Bonchev–Trinajstić information content (AvgIpc) is 3.12. The van der Waals surface area contributed by atoms with E-state index in [9.17, 15) is 9.90 Å². The molecule has 1 unspecified atom stereocenters. The van der Waals surface area contributed by atoms with E-state index in [0.29, 0.717) is 6.54 Å². The number of unbranched alkanes of at least 4 members (excludes halogenated alkanes) is 2. The van der Waals surface area contributed by atoms with Gasteiger partial charge in [0, 0.05) is 18.5 Å². The molecule has 0 saturated carbocycles. The first-order valence-corrected chi connectivity index (χ1v) is 8.06. The number of carboxylic acids is 1. The Morgan fingerprint density at radius 2 is 2.14 bits per heavy atom. The number of benzene rings is 1. The molecule has 0 spiro atoms. The van der Waals surface area contributed by atoms with Crippen molar-refractivity contribution < 1.29 is 19.4 Å². The summed E-state index contributed by atoms with van der Waals surface area (Å²) in [5, 5.41) is 13.1. The van der Waals surface area contributed by atoms with Crippen molar-refractivity contribution in [3.8, 4) is 11.5 Å². The van der Waals surface area contributed by atoms with Gasteiger partial charge in [-0.25, -0.2) is 0 Å². The number of rotatable bonds is 6. The fourth-order valence-corrected chi connectivity index (χ4v) is 3.52. The fourth-order valence-electron chi connectivity index (χ4n) is 3.52. The van der Waals surface area contributed by atoms with E-state index < -0.39 is 5.97 Å². The van der Waals surface area contributed by atoms with Crippen LogP contribution in [-0.2, 0) is 4.79 Å². The van der Waals surface area contributed by atoms with E-state index in [1.165, 1.54) is 0 Å². The van der Waals surface area contributed by atoms with Gasteiger partial charge < -0.3 is 19.9 Å². The minimum absolute atomic E-state index is 0.0152. The molecule has 3 atom stereocenters. The van der Waals surface area contributed by atoms with Crippen LogP contribution in [0.5, 0.6) is 11.5 Å². The van der Waals surface area contributed by atoms with Gasteiger partial charge in [-0.2, -0.15) is 0 Å². The Balaban J connectivity index is 1.76. The van der Waals surface area contributed by atoms with E-state index in [0.717, 1.165) is 42.7 Å². The molecule has 0 bridgehead atoms. The smallest absolute Gasteiger partial charge is 0.308 e. The first-order chi connectivity index (χ1) is 10.7.